The predicted octanol–water partition coefficient (Wildman–Crippen LogP) is 7.43. The van der Waals surface area contributed by atoms with Crippen molar-refractivity contribution in [3.63, 3.8) is 0 Å². The van der Waals surface area contributed by atoms with Crippen molar-refractivity contribution in [3.05, 3.63) is 129 Å². The van der Waals surface area contributed by atoms with Crippen molar-refractivity contribution in [1.82, 2.24) is 0 Å². The zero-order valence-corrected chi connectivity index (χ0v) is 22.7. The number of carbonyl (C=O) groups excluding carboxylic acids is 3. The first-order valence-corrected chi connectivity index (χ1v) is 12.6. The van der Waals surface area contributed by atoms with E-state index in [9.17, 15) is 14.4 Å². The van der Waals surface area contributed by atoms with Gasteiger partial charge in [-0.15, -0.1) is 0 Å². The Balaban J connectivity index is 1.47. The summed E-state index contributed by atoms with van der Waals surface area (Å²) in [6.45, 7) is 11.9. The summed E-state index contributed by atoms with van der Waals surface area (Å²) in [6, 6.07) is 23.2. The van der Waals surface area contributed by atoms with Crippen LogP contribution in [0.4, 0.5) is 0 Å². The largest absolute Gasteiger partial charge is 0.462 e. The molecule has 1 heterocycles. The fourth-order valence-electron chi connectivity index (χ4n) is 3.64. The van der Waals surface area contributed by atoms with Crippen LogP contribution in [0.3, 0.4) is 0 Å². The van der Waals surface area contributed by atoms with Gasteiger partial charge in [0.1, 0.15) is 41.3 Å². The lowest BCUT2D eigenvalue weighted by molar-refractivity contribution is -0.133. The number of ether oxygens (including phenoxy) is 4. The van der Waals surface area contributed by atoms with Gasteiger partial charge >= 0.3 is 17.9 Å². The van der Waals surface area contributed by atoms with Gasteiger partial charge in [-0.3, -0.25) is 0 Å². The third-order valence-corrected chi connectivity index (χ3v) is 5.68. The Labute approximate surface area is 242 Å². The highest BCUT2D eigenvalue weighted by atomic mass is 16.5. The van der Waals surface area contributed by atoms with Crippen LogP contribution in [0.15, 0.2) is 133 Å². The molecular formula is C34H26O8. The van der Waals surface area contributed by atoms with E-state index in [4.69, 9.17) is 23.4 Å². The van der Waals surface area contributed by atoms with Crippen molar-refractivity contribution < 1.29 is 37.7 Å². The maximum Gasteiger partial charge on any atom is 0.338 e. The van der Waals surface area contributed by atoms with Crippen molar-refractivity contribution in [2.75, 3.05) is 0 Å². The first-order valence-electron chi connectivity index (χ1n) is 12.6. The summed E-state index contributed by atoms with van der Waals surface area (Å²) in [5.41, 5.74) is 3.42. The van der Waals surface area contributed by atoms with E-state index in [0.717, 1.165) is 35.1 Å². The van der Waals surface area contributed by atoms with Crippen LogP contribution in [-0.2, 0) is 19.1 Å². The molecule has 8 nitrogen and oxygen atoms in total. The van der Waals surface area contributed by atoms with Crippen molar-refractivity contribution in [1.29, 1.82) is 0 Å². The molecule has 4 rings (SSSR count). The molecule has 0 aliphatic carbocycles. The Hall–Kier alpha value is -5.89. The molecule has 1 aromatic heterocycles. The lowest BCUT2D eigenvalue weighted by atomic mass is 10.0. The molecule has 210 valence electrons. The van der Waals surface area contributed by atoms with Crippen molar-refractivity contribution in [2.24, 2.45) is 0 Å². The van der Waals surface area contributed by atoms with Gasteiger partial charge in [0.25, 0.3) is 0 Å². The van der Waals surface area contributed by atoms with E-state index >= 15 is 0 Å². The lowest BCUT2D eigenvalue weighted by Crippen LogP contribution is -2.06. The summed E-state index contributed by atoms with van der Waals surface area (Å²) in [5, 5.41) is 0. The highest BCUT2D eigenvalue weighted by molar-refractivity contribution is 5.87. The first-order chi connectivity index (χ1) is 20.2. The van der Waals surface area contributed by atoms with E-state index in [0.29, 0.717) is 28.4 Å². The Morgan fingerprint density at radius 3 is 1.64 bits per heavy atom. The molecule has 0 saturated carbocycles. The molecule has 8 heteroatoms. The van der Waals surface area contributed by atoms with Crippen molar-refractivity contribution in [2.45, 2.75) is 6.92 Å². The molecule has 0 aliphatic rings. The molecule has 4 aromatic rings. The third-order valence-electron chi connectivity index (χ3n) is 5.68. The van der Waals surface area contributed by atoms with E-state index in [-0.39, 0.29) is 11.5 Å². The SMILES string of the molecule is C=CC(=O)Oc1cc(OC(=O)C=C)cc(-c2ccc(-c3ccc(-c4ccc(O/C=C\OC(=O)C(=C)C)cc4)o3)cc2)c1. The van der Waals surface area contributed by atoms with E-state index in [1.807, 2.05) is 48.5 Å². The number of benzene rings is 3. The van der Waals surface area contributed by atoms with E-state index in [1.165, 1.54) is 12.3 Å². The normalized spacial score (nSPS) is 10.5. The Morgan fingerprint density at radius 1 is 0.643 bits per heavy atom. The molecular weight excluding hydrogens is 536 g/mol. The van der Waals surface area contributed by atoms with Gasteiger partial charge in [0.2, 0.25) is 0 Å². The zero-order chi connectivity index (χ0) is 30.1. The molecule has 0 amide bonds. The Morgan fingerprint density at radius 2 is 1.14 bits per heavy atom. The van der Waals surface area contributed by atoms with Crippen LogP contribution in [-0.4, -0.2) is 17.9 Å². The number of hydrogen-bond donors (Lipinski definition) is 0. The standard InChI is InChI=1S/C34H26O8/c1-5-32(35)40-28-19-26(20-29(21-28)41-33(36)6-2)23-7-9-24(10-8-23)30-15-16-31(42-30)25-11-13-27(14-12-25)38-17-18-39-34(37)22(3)4/h5-21H,1-3H2,4H3/b18-17-. The second-order valence-corrected chi connectivity index (χ2v) is 8.78. The molecule has 42 heavy (non-hydrogen) atoms. The highest BCUT2D eigenvalue weighted by Gasteiger charge is 2.12. The smallest absolute Gasteiger partial charge is 0.338 e. The molecule has 0 N–H and O–H groups in total. The Kier molecular flexibility index (Phi) is 9.32. The maximum atomic E-state index is 11.7. The average Bonchev–Trinajstić information content (AvgIpc) is 3.49. The number of rotatable bonds is 11. The van der Waals surface area contributed by atoms with Crippen LogP contribution in [0.25, 0.3) is 33.8 Å². The van der Waals surface area contributed by atoms with Gasteiger partial charge in [0, 0.05) is 34.9 Å². The Bertz CT molecular complexity index is 1630. The fraction of sp³-hybridized carbons (Fsp3) is 0.0294. The van der Waals surface area contributed by atoms with Gasteiger partial charge in [-0.25, -0.2) is 14.4 Å². The number of carbonyl (C=O) groups is 3. The molecule has 0 aliphatic heterocycles. The summed E-state index contributed by atoms with van der Waals surface area (Å²) >= 11 is 0. The van der Waals surface area contributed by atoms with E-state index < -0.39 is 17.9 Å². The summed E-state index contributed by atoms with van der Waals surface area (Å²) < 4.78 is 26.9. The van der Waals surface area contributed by atoms with Crippen molar-refractivity contribution >= 4 is 17.9 Å². The van der Waals surface area contributed by atoms with Crippen molar-refractivity contribution in [3.8, 4) is 51.0 Å². The van der Waals surface area contributed by atoms with Gasteiger partial charge in [-0.05, 0) is 66.6 Å². The molecule has 0 bridgehead atoms. The molecule has 3 aromatic carbocycles. The fourth-order valence-corrected chi connectivity index (χ4v) is 3.64. The van der Waals surface area contributed by atoms with Crippen LogP contribution in [0.2, 0.25) is 0 Å². The molecule has 0 fully saturated rings. The summed E-state index contributed by atoms with van der Waals surface area (Å²) in [5.74, 6) is 0.454. The maximum absolute atomic E-state index is 11.7. The van der Waals surface area contributed by atoms with Gasteiger partial charge in [0.15, 0.2) is 0 Å². The van der Waals surface area contributed by atoms with Crippen LogP contribution < -0.4 is 14.2 Å². The topological polar surface area (TPSA) is 101 Å². The minimum absolute atomic E-state index is 0.197. The zero-order valence-electron chi connectivity index (χ0n) is 22.7. The van der Waals surface area contributed by atoms with Gasteiger partial charge in [0.05, 0.1) is 0 Å². The van der Waals surface area contributed by atoms with Gasteiger partial charge < -0.3 is 23.4 Å². The second kappa shape index (κ2) is 13.5. The highest BCUT2D eigenvalue weighted by Crippen LogP contribution is 2.33. The quantitative estimate of drug-likeness (QED) is 0.0805. The van der Waals surface area contributed by atoms with Gasteiger partial charge in [-0.2, -0.15) is 0 Å². The van der Waals surface area contributed by atoms with Crippen LogP contribution >= 0.6 is 0 Å². The predicted molar refractivity (Wildman–Crippen MR) is 157 cm³/mol. The third kappa shape index (κ3) is 7.61. The summed E-state index contributed by atoms with van der Waals surface area (Å²) in [7, 11) is 0. The summed E-state index contributed by atoms with van der Waals surface area (Å²) in [4.78, 5) is 34.8. The van der Waals surface area contributed by atoms with Crippen LogP contribution in [0, 0.1) is 0 Å². The monoisotopic (exact) mass is 562 g/mol. The molecule has 0 unspecified atom stereocenters. The number of furan rings is 1. The number of hydrogen-bond acceptors (Lipinski definition) is 8. The molecule has 0 atom stereocenters. The second-order valence-electron chi connectivity index (χ2n) is 8.78. The first kappa shape index (κ1) is 29.1. The molecule has 0 spiro atoms. The number of esters is 3. The average molecular weight is 563 g/mol. The lowest BCUT2D eigenvalue weighted by Gasteiger charge is -2.10. The van der Waals surface area contributed by atoms with E-state index in [1.54, 1.807) is 31.2 Å². The van der Waals surface area contributed by atoms with Gasteiger partial charge in [-0.1, -0.05) is 44.0 Å². The van der Waals surface area contributed by atoms with Crippen LogP contribution in [0.1, 0.15) is 6.92 Å². The van der Waals surface area contributed by atoms with Crippen LogP contribution in [0.5, 0.6) is 17.2 Å². The minimum Gasteiger partial charge on any atom is -0.462 e. The molecule has 0 saturated heterocycles. The van der Waals surface area contributed by atoms with E-state index in [2.05, 4.69) is 19.7 Å². The summed E-state index contributed by atoms with van der Waals surface area (Å²) in [6.07, 6.45) is 4.51. The molecule has 0 radical (unpaired) electrons. The minimum atomic E-state index is -0.641.